The van der Waals surface area contributed by atoms with E-state index in [1.807, 2.05) is 60.7 Å². The average Bonchev–Trinajstić information content (AvgIpc) is 2.69. The van der Waals surface area contributed by atoms with Gasteiger partial charge in [-0.15, -0.1) is 0 Å². The summed E-state index contributed by atoms with van der Waals surface area (Å²) in [6, 6.07) is 20.1. The van der Waals surface area contributed by atoms with Gasteiger partial charge >= 0.3 is 0 Å². The summed E-state index contributed by atoms with van der Waals surface area (Å²) in [4.78, 5) is 15.6. The van der Waals surface area contributed by atoms with Crippen LogP contribution in [-0.2, 0) is 4.79 Å². The summed E-state index contributed by atoms with van der Waals surface area (Å²) in [6.07, 6.45) is 4.82. The Morgan fingerprint density at radius 1 is 0.920 bits per heavy atom. The molecule has 1 heterocycles. The van der Waals surface area contributed by atoms with E-state index in [-0.39, 0.29) is 18.0 Å². The lowest BCUT2D eigenvalue weighted by molar-refractivity contribution is -0.123. The van der Waals surface area contributed by atoms with Crippen LogP contribution in [0, 0.1) is 0 Å². The van der Waals surface area contributed by atoms with Gasteiger partial charge < -0.3 is 5.32 Å². The van der Waals surface area contributed by atoms with Gasteiger partial charge in [0.05, 0.1) is 12.1 Å². The van der Waals surface area contributed by atoms with Gasteiger partial charge in [-0.05, 0) is 30.4 Å². The van der Waals surface area contributed by atoms with Crippen molar-refractivity contribution in [3.8, 4) is 0 Å². The minimum Gasteiger partial charge on any atom is -0.340 e. The first-order valence-corrected chi connectivity index (χ1v) is 9.44. The largest absolute Gasteiger partial charge is 0.340 e. The molecular formula is C22H28N2O. The molecule has 1 saturated heterocycles. The van der Waals surface area contributed by atoms with Crippen molar-refractivity contribution < 1.29 is 4.79 Å². The number of piperidine rings is 1. The van der Waals surface area contributed by atoms with Crippen LogP contribution in [0.25, 0.3) is 0 Å². The van der Waals surface area contributed by atoms with E-state index in [1.165, 1.54) is 19.3 Å². The Hall–Kier alpha value is -2.13. The molecule has 1 fully saturated rings. The van der Waals surface area contributed by atoms with E-state index in [2.05, 4.69) is 17.1 Å². The summed E-state index contributed by atoms with van der Waals surface area (Å²) in [6.45, 7) is 4.32. The van der Waals surface area contributed by atoms with Crippen molar-refractivity contribution >= 4 is 5.91 Å². The molecule has 0 bridgehead atoms. The molecule has 2 aromatic carbocycles. The number of likely N-dealkylation sites (tertiary alicyclic amines) is 1. The lowest BCUT2D eigenvalue weighted by Crippen LogP contribution is -2.50. The topological polar surface area (TPSA) is 32.3 Å². The number of rotatable bonds is 6. The number of carbonyl (C=O) groups excluding carboxylic acids is 1. The molecule has 132 valence electrons. The molecule has 1 aliphatic heterocycles. The Labute approximate surface area is 151 Å². The second-order valence-electron chi connectivity index (χ2n) is 6.78. The minimum atomic E-state index is -0.263. The fourth-order valence-electron chi connectivity index (χ4n) is 3.72. The molecule has 25 heavy (non-hydrogen) atoms. The highest BCUT2D eigenvalue weighted by molar-refractivity contribution is 5.87. The highest BCUT2D eigenvalue weighted by Gasteiger charge is 2.27. The zero-order valence-corrected chi connectivity index (χ0v) is 15.0. The van der Waals surface area contributed by atoms with E-state index in [0.717, 1.165) is 30.6 Å². The van der Waals surface area contributed by atoms with Gasteiger partial charge in [0.15, 0.2) is 0 Å². The van der Waals surface area contributed by atoms with Crippen molar-refractivity contribution in [2.75, 3.05) is 13.1 Å². The van der Waals surface area contributed by atoms with Gasteiger partial charge in [-0.25, -0.2) is 0 Å². The second-order valence-corrected chi connectivity index (χ2v) is 6.78. The molecular weight excluding hydrogens is 308 g/mol. The zero-order chi connectivity index (χ0) is 17.5. The van der Waals surface area contributed by atoms with Crippen LogP contribution < -0.4 is 5.32 Å². The van der Waals surface area contributed by atoms with Crippen molar-refractivity contribution in [1.29, 1.82) is 0 Å². The number of nitrogens with zero attached hydrogens (tertiary/aromatic N) is 1. The van der Waals surface area contributed by atoms with Crippen LogP contribution in [0.4, 0.5) is 0 Å². The molecule has 0 aromatic heterocycles. The van der Waals surface area contributed by atoms with Gasteiger partial charge in [-0.3, -0.25) is 9.69 Å². The molecule has 0 saturated carbocycles. The quantitative estimate of drug-likeness (QED) is 0.859. The highest BCUT2D eigenvalue weighted by Crippen LogP contribution is 2.25. The Bertz CT molecular complexity index is 611. The second kappa shape index (κ2) is 8.82. The summed E-state index contributed by atoms with van der Waals surface area (Å²) < 4.78 is 0. The first-order valence-electron chi connectivity index (χ1n) is 9.44. The predicted octanol–water partition coefficient (Wildman–Crippen LogP) is 4.16. The van der Waals surface area contributed by atoms with Crippen molar-refractivity contribution in [2.45, 2.75) is 44.7 Å². The summed E-state index contributed by atoms with van der Waals surface area (Å²) in [5, 5.41) is 3.32. The van der Waals surface area contributed by atoms with Gasteiger partial charge in [0.2, 0.25) is 5.91 Å². The zero-order valence-electron chi connectivity index (χ0n) is 15.0. The molecule has 0 radical (unpaired) electrons. The van der Waals surface area contributed by atoms with E-state index in [0.29, 0.717) is 0 Å². The lowest BCUT2D eigenvalue weighted by Gasteiger charge is -2.35. The normalized spacial score (nSPS) is 16.6. The SMILES string of the molecule is CCC(NC(=O)C(c1ccccc1)c1ccccc1)N1CCCCC1. The lowest BCUT2D eigenvalue weighted by atomic mass is 9.90. The molecule has 2 aromatic rings. The van der Waals surface area contributed by atoms with E-state index in [9.17, 15) is 4.79 Å². The van der Waals surface area contributed by atoms with Crippen molar-refractivity contribution in [1.82, 2.24) is 10.2 Å². The van der Waals surface area contributed by atoms with Gasteiger partial charge in [-0.1, -0.05) is 74.0 Å². The van der Waals surface area contributed by atoms with E-state index < -0.39 is 0 Å². The van der Waals surface area contributed by atoms with E-state index in [4.69, 9.17) is 0 Å². The van der Waals surface area contributed by atoms with Gasteiger partial charge in [0.25, 0.3) is 0 Å². The van der Waals surface area contributed by atoms with Gasteiger partial charge in [0, 0.05) is 13.1 Å². The fraction of sp³-hybridized carbons (Fsp3) is 0.409. The summed E-state index contributed by atoms with van der Waals surface area (Å²) >= 11 is 0. The fourth-order valence-corrected chi connectivity index (χ4v) is 3.72. The third kappa shape index (κ3) is 4.49. The Kier molecular flexibility index (Phi) is 6.24. The van der Waals surface area contributed by atoms with Gasteiger partial charge in [-0.2, -0.15) is 0 Å². The minimum absolute atomic E-state index is 0.0924. The van der Waals surface area contributed by atoms with Crippen LogP contribution in [0.3, 0.4) is 0 Å². The third-order valence-corrected chi connectivity index (χ3v) is 5.05. The van der Waals surface area contributed by atoms with Crippen LogP contribution in [0.15, 0.2) is 60.7 Å². The van der Waals surface area contributed by atoms with Crippen LogP contribution >= 0.6 is 0 Å². The smallest absolute Gasteiger partial charge is 0.233 e. The highest BCUT2D eigenvalue weighted by atomic mass is 16.2. The number of amides is 1. The van der Waals surface area contributed by atoms with Crippen LogP contribution in [0.5, 0.6) is 0 Å². The summed E-state index contributed by atoms with van der Waals surface area (Å²) in [7, 11) is 0. The number of carbonyl (C=O) groups is 1. The first kappa shape index (κ1) is 17.7. The molecule has 3 heteroatoms. The molecule has 0 aliphatic carbocycles. The molecule has 1 aliphatic rings. The van der Waals surface area contributed by atoms with Crippen molar-refractivity contribution in [2.24, 2.45) is 0 Å². The van der Waals surface area contributed by atoms with Crippen molar-refractivity contribution in [3.05, 3.63) is 71.8 Å². The Balaban J connectivity index is 1.81. The predicted molar refractivity (Wildman–Crippen MR) is 102 cm³/mol. The molecule has 1 amide bonds. The molecule has 1 atom stereocenters. The van der Waals surface area contributed by atoms with E-state index in [1.54, 1.807) is 0 Å². The summed E-state index contributed by atoms with van der Waals surface area (Å²) in [5.74, 6) is -0.170. The van der Waals surface area contributed by atoms with Crippen molar-refractivity contribution in [3.63, 3.8) is 0 Å². The maximum atomic E-state index is 13.2. The van der Waals surface area contributed by atoms with E-state index >= 15 is 0 Å². The number of benzene rings is 2. The average molecular weight is 336 g/mol. The monoisotopic (exact) mass is 336 g/mol. The molecule has 3 rings (SSSR count). The van der Waals surface area contributed by atoms with Gasteiger partial charge in [0.1, 0.15) is 0 Å². The first-order chi connectivity index (χ1) is 12.3. The standard InChI is InChI=1S/C22H28N2O/c1-2-20(24-16-10-5-11-17-24)23-22(25)21(18-12-6-3-7-13-18)19-14-8-4-9-15-19/h3-4,6-9,12-15,20-21H,2,5,10-11,16-17H2,1H3,(H,23,25). The van der Waals surface area contributed by atoms with Crippen LogP contribution in [-0.4, -0.2) is 30.1 Å². The molecule has 3 nitrogen and oxygen atoms in total. The number of nitrogens with one attached hydrogen (secondary N) is 1. The number of hydrogen-bond acceptors (Lipinski definition) is 2. The molecule has 1 N–H and O–H groups in total. The summed E-state index contributed by atoms with van der Waals surface area (Å²) in [5.41, 5.74) is 2.08. The number of hydrogen-bond donors (Lipinski definition) is 1. The maximum Gasteiger partial charge on any atom is 0.233 e. The van der Waals surface area contributed by atoms with Crippen LogP contribution in [0.2, 0.25) is 0 Å². The molecule has 0 spiro atoms. The third-order valence-electron chi connectivity index (χ3n) is 5.05. The van der Waals surface area contributed by atoms with Crippen LogP contribution in [0.1, 0.15) is 49.7 Å². The Morgan fingerprint density at radius 2 is 1.44 bits per heavy atom. The molecule has 1 unspecified atom stereocenters. The maximum absolute atomic E-state index is 13.2. The Morgan fingerprint density at radius 3 is 1.92 bits per heavy atom.